The lowest BCUT2D eigenvalue weighted by atomic mass is 10.2. The number of nitrogens with zero attached hydrogens (tertiary/aromatic N) is 5. The fourth-order valence-electron chi connectivity index (χ4n) is 3.42. The van der Waals surface area contributed by atoms with Crippen LogP contribution in [0.3, 0.4) is 0 Å². The van der Waals surface area contributed by atoms with E-state index in [0.717, 1.165) is 59.7 Å². The van der Waals surface area contributed by atoms with Gasteiger partial charge >= 0.3 is 0 Å². The van der Waals surface area contributed by atoms with Crippen molar-refractivity contribution < 1.29 is 4.74 Å². The highest BCUT2D eigenvalue weighted by atomic mass is 32.1. The second kappa shape index (κ2) is 10.4. The zero-order valence-corrected chi connectivity index (χ0v) is 19.5. The Hall–Kier alpha value is -3.23. The fraction of sp³-hybridized carbons (Fsp3) is 0.292. The molecule has 32 heavy (non-hydrogen) atoms. The molecule has 0 aliphatic rings. The number of nitrogens with one attached hydrogen (secondary N) is 1. The highest BCUT2D eigenvalue weighted by Gasteiger charge is 2.08. The van der Waals surface area contributed by atoms with E-state index >= 15 is 0 Å². The van der Waals surface area contributed by atoms with Crippen molar-refractivity contribution in [1.82, 2.24) is 19.5 Å². The summed E-state index contributed by atoms with van der Waals surface area (Å²) in [6.07, 6.45) is 6.67. The minimum absolute atomic E-state index is 0.722. The Morgan fingerprint density at radius 2 is 1.94 bits per heavy atom. The zero-order valence-electron chi connectivity index (χ0n) is 18.7. The zero-order chi connectivity index (χ0) is 22.3. The number of ether oxygens (including phenoxy) is 1. The second-order valence-electron chi connectivity index (χ2n) is 7.52. The molecule has 3 heterocycles. The Morgan fingerprint density at radius 1 is 1.09 bits per heavy atom. The fourth-order valence-corrected chi connectivity index (χ4v) is 4.16. The number of thiazole rings is 1. The molecule has 0 spiro atoms. The summed E-state index contributed by atoms with van der Waals surface area (Å²) in [6.45, 7) is 6.78. The molecule has 7 nitrogen and oxygen atoms in total. The molecule has 4 aromatic rings. The molecule has 1 aromatic carbocycles. The molecule has 0 aliphatic heterocycles. The molecular formula is C24H28N6OS. The highest BCUT2D eigenvalue weighted by molar-refractivity contribution is 7.14. The minimum Gasteiger partial charge on any atom is -0.383 e. The molecule has 1 N–H and O–H groups in total. The first-order chi connectivity index (χ1) is 15.7. The lowest BCUT2D eigenvalue weighted by Gasteiger charge is -2.24. The van der Waals surface area contributed by atoms with Crippen LogP contribution in [0.25, 0.3) is 17.1 Å². The first-order valence-corrected chi connectivity index (χ1v) is 11.6. The molecule has 0 unspecified atom stereocenters. The molecule has 0 aliphatic carbocycles. The van der Waals surface area contributed by atoms with Gasteiger partial charge in [0.25, 0.3) is 0 Å². The van der Waals surface area contributed by atoms with Gasteiger partial charge in [0.2, 0.25) is 0 Å². The van der Waals surface area contributed by atoms with E-state index in [1.54, 1.807) is 24.8 Å². The lowest BCUT2D eigenvalue weighted by molar-refractivity contribution is 0.205. The third-order valence-corrected chi connectivity index (χ3v) is 5.82. The SMILES string of the molecule is CCCN(CCOC)c1ccc(Nc2nc(-c3ccc(-n4cnc(C)c4)nc3)cs2)cc1. The van der Waals surface area contributed by atoms with E-state index in [9.17, 15) is 0 Å². The third kappa shape index (κ3) is 5.33. The average Bonchev–Trinajstić information content (AvgIpc) is 3.46. The summed E-state index contributed by atoms with van der Waals surface area (Å²) in [4.78, 5) is 15.9. The van der Waals surface area contributed by atoms with Gasteiger partial charge in [-0.05, 0) is 49.7 Å². The monoisotopic (exact) mass is 448 g/mol. The van der Waals surface area contributed by atoms with Crippen molar-refractivity contribution in [3.05, 3.63) is 66.2 Å². The normalized spacial score (nSPS) is 11.0. The van der Waals surface area contributed by atoms with E-state index in [1.807, 2.05) is 41.4 Å². The second-order valence-corrected chi connectivity index (χ2v) is 8.38. The van der Waals surface area contributed by atoms with Crippen molar-refractivity contribution in [2.75, 3.05) is 37.0 Å². The number of aromatic nitrogens is 4. The van der Waals surface area contributed by atoms with E-state index < -0.39 is 0 Å². The van der Waals surface area contributed by atoms with E-state index in [1.165, 1.54) is 5.69 Å². The van der Waals surface area contributed by atoms with Gasteiger partial charge in [-0.25, -0.2) is 15.0 Å². The summed E-state index contributed by atoms with van der Waals surface area (Å²) in [7, 11) is 1.74. The van der Waals surface area contributed by atoms with Crippen LogP contribution in [-0.2, 0) is 4.74 Å². The largest absolute Gasteiger partial charge is 0.383 e. The number of hydrogen-bond donors (Lipinski definition) is 1. The van der Waals surface area contributed by atoms with Crippen LogP contribution < -0.4 is 10.2 Å². The standard InChI is InChI=1S/C24H28N6OS/c1-4-11-29(12-13-31-3)21-8-6-20(7-9-21)27-24-28-22(16-32-24)19-5-10-23(25-14-19)30-15-18(2)26-17-30/h5-10,14-17H,4,11-13H2,1-3H3,(H,27,28). The van der Waals surface area contributed by atoms with Gasteiger partial charge in [-0.3, -0.25) is 4.57 Å². The van der Waals surface area contributed by atoms with Crippen molar-refractivity contribution in [2.24, 2.45) is 0 Å². The predicted molar refractivity (Wildman–Crippen MR) is 131 cm³/mol. The van der Waals surface area contributed by atoms with Gasteiger partial charge in [-0.1, -0.05) is 6.92 Å². The predicted octanol–water partition coefficient (Wildman–Crippen LogP) is 5.31. The molecule has 0 radical (unpaired) electrons. The molecule has 0 bridgehead atoms. The molecule has 0 atom stereocenters. The number of aryl methyl sites for hydroxylation is 1. The van der Waals surface area contributed by atoms with Crippen LogP contribution >= 0.6 is 11.3 Å². The molecule has 0 saturated heterocycles. The Balaban J connectivity index is 1.41. The van der Waals surface area contributed by atoms with Gasteiger partial charge in [-0.2, -0.15) is 0 Å². The maximum Gasteiger partial charge on any atom is 0.187 e. The first-order valence-electron chi connectivity index (χ1n) is 10.7. The highest BCUT2D eigenvalue weighted by Crippen LogP contribution is 2.28. The number of anilines is 3. The van der Waals surface area contributed by atoms with Crippen LogP contribution in [0.1, 0.15) is 19.0 Å². The number of benzene rings is 1. The van der Waals surface area contributed by atoms with Crippen molar-refractivity contribution >= 4 is 27.8 Å². The summed E-state index contributed by atoms with van der Waals surface area (Å²) in [5.41, 5.74) is 5.07. The Kier molecular flexibility index (Phi) is 7.14. The quantitative estimate of drug-likeness (QED) is 0.355. The number of methoxy groups -OCH3 is 1. The number of imidazole rings is 1. The smallest absolute Gasteiger partial charge is 0.187 e. The molecule has 3 aromatic heterocycles. The minimum atomic E-state index is 0.722. The van der Waals surface area contributed by atoms with Crippen LogP contribution in [0.5, 0.6) is 0 Å². The summed E-state index contributed by atoms with van der Waals surface area (Å²) in [6, 6.07) is 12.5. The first kappa shape index (κ1) is 22.0. The summed E-state index contributed by atoms with van der Waals surface area (Å²) < 4.78 is 7.15. The topological polar surface area (TPSA) is 68.1 Å². The molecule has 166 valence electrons. The van der Waals surface area contributed by atoms with E-state index in [2.05, 4.69) is 51.4 Å². The van der Waals surface area contributed by atoms with Crippen molar-refractivity contribution in [3.63, 3.8) is 0 Å². The van der Waals surface area contributed by atoms with Gasteiger partial charge in [-0.15, -0.1) is 11.3 Å². The molecule has 0 saturated carbocycles. The van der Waals surface area contributed by atoms with Gasteiger partial charge in [0.05, 0.1) is 18.0 Å². The molecule has 4 rings (SSSR count). The van der Waals surface area contributed by atoms with Crippen molar-refractivity contribution in [1.29, 1.82) is 0 Å². The van der Waals surface area contributed by atoms with Crippen LogP contribution in [0.4, 0.5) is 16.5 Å². The third-order valence-electron chi connectivity index (χ3n) is 5.07. The Morgan fingerprint density at radius 3 is 2.59 bits per heavy atom. The van der Waals surface area contributed by atoms with Gasteiger partial charge < -0.3 is 15.0 Å². The molecule has 0 fully saturated rings. The van der Waals surface area contributed by atoms with Crippen LogP contribution in [0, 0.1) is 6.92 Å². The average molecular weight is 449 g/mol. The summed E-state index contributed by atoms with van der Waals surface area (Å²) in [5, 5.41) is 6.30. The van der Waals surface area contributed by atoms with E-state index in [-0.39, 0.29) is 0 Å². The Labute approximate surface area is 192 Å². The summed E-state index contributed by atoms with van der Waals surface area (Å²) >= 11 is 1.58. The van der Waals surface area contributed by atoms with E-state index in [4.69, 9.17) is 9.72 Å². The van der Waals surface area contributed by atoms with Gasteiger partial charge in [0, 0.05) is 54.9 Å². The summed E-state index contributed by atoms with van der Waals surface area (Å²) in [5.74, 6) is 0.839. The molecule has 8 heteroatoms. The number of hydrogen-bond acceptors (Lipinski definition) is 7. The maximum absolute atomic E-state index is 5.24. The molecule has 0 amide bonds. The Bertz CT molecular complexity index is 1120. The van der Waals surface area contributed by atoms with Crippen LogP contribution in [0.2, 0.25) is 0 Å². The lowest BCUT2D eigenvalue weighted by Crippen LogP contribution is -2.27. The maximum atomic E-state index is 5.24. The van der Waals surface area contributed by atoms with E-state index in [0.29, 0.717) is 0 Å². The van der Waals surface area contributed by atoms with Gasteiger partial charge in [0.15, 0.2) is 5.13 Å². The van der Waals surface area contributed by atoms with Crippen molar-refractivity contribution in [2.45, 2.75) is 20.3 Å². The van der Waals surface area contributed by atoms with Crippen molar-refractivity contribution in [3.8, 4) is 17.1 Å². The number of rotatable bonds is 10. The van der Waals surface area contributed by atoms with Gasteiger partial charge in [0.1, 0.15) is 12.1 Å². The van der Waals surface area contributed by atoms with Crippen LogP contribution in [-0.4, -0.2) is 46.3 Å². The molecular weight excluding hydrogens is 420 g/mol. The van der Waals surface area contributed by atoms with Crippen LogP contribution in [0.15, 0.2) is 60.5 Å². The number of pyridine rings is 1.